The Bertz CT molecular complexity index is 1340. The molecule has 0 fully saturated rings. The number of nitrogens with one attached hydrogen (secondary N) is 1. The maximum Gasteiger partial charge on any atom is 0.408 e. The fourth-order valence-corrected chi connectivity index (χ4v) is 4.36. The molecule has 192 valence electrons. The van der Waals surface area contributed by atoms with E-state index in [1.807, 2.05) is 44.2 Å². The third-order valence-corrected chi connectivity index (χ3v) is 6.34. The first-order valence-electron chi connectivity index (χ1n) is 11.9. The van der Waals surface area contributed by atoms with Crippen molar-refractivity contribution < 1.29 is 23.5 Å². The standard InChI is InChI=1S/C27H28N4O5S/c1-18(2)13-31(26(33)20-8-9-22-25(11-20)36-16-29-22)14-24(32)23(10-19-6-4-3-5-7-19)30-27(34)35-15-21-12-28-17-37-21/h3-9,11-12,16-18,23H,10,13-15H2,1-2H3,(H,30,34)/t23-/m0/s1. The topological polar surface area (TPSA) is 115 Å². The van der Waals surface area contributed by atoms with Crippen molar-refractivity contribution in [2.45, 2.75) is 32.9 Å². The number of oxazole rings is 1. The summed E-state index contributed by atoms with van der Waals surface area (Å²) in [5, 5.41) is 2.70. The number of thiazole rings is 1. The molecule has 4 rings (SSSR count). The molecule has 0 unspecified atom stereocenters. The van der Waals surface area contributed by atoms with E-state index in [1.165, 1.54) is 22.6 Å². The van der Waals surface area contributed by atoms with Gasteiger partial charge in [0.25, 0.3) is 5.91 Å². The van der Waals surface area contributed by atoms with Crippen LogP contribution >= 0.6 is 11.3 Å². The van der Waals surface area contributed by atoms with Crippen molar-refractivity contribution in [1.82, 2.24) is 20.2 Å². The summed E-state index contributed by atoms with van der Waals surface area (Å²) in [6, 6.07) is 13.5. The molecule has 1 atom stereocenters. The lowest BCUT2D eigenvalue weighted by Gasteiger charge is -2.26. The Morgan fingerprint density at radius 3 is 2.68 bits per heavy atom. The number of aromatic nitrogens is 2. The Labute approximate surface area is 218 Å². The van der Waals surface area contributed by atoms with Gasteiger partial charge in [0.2, 0.25) is 0 Å². The molecule has 10 heteroatoms. The van der Waals surface area contributed by atoms with E-state index >= 15 is 0 Å². The predicted octanol–water partition coefficient (Wildman–Crippen LogP) is 4.49. The zero-order valence-corrected chi connectivity index (χ0v) is 21.4. The second kappa shape index (κ2) is 12.3. The Morgan fingerprint density at radius 1 is 1.14 bits per heavy atom. The number of Topliss-reactive ketones (excluding diaryl/α,β-unsaturated/α-hetero) is 1. The van der Waals surface area contributed by atoms with Gasteiger partial charge in [0.15, 0.2) is 17.8 Å². The van der Waals surface area contributed by atoms with Gasteiger partial charge in [-0.3, -0.25) is 14.6 Å². The highest BCUT2D eigenvalue weighted by Gasteiger charge is 2.27. The van der Waals surface area contributed by atoms with E-state index in [9.17, 15) is 14.4 Å². The minimum absolute atomic E-state index is 0.0603. The molecule has 2 aromatic carbocycles. The summed E-state index contributed by atoms with van der Waals surface area (Å²) in [6.07, 6.45) is 2.50. The summed E-state index contributed by atoms with van der Waals surface area (Å²) in [7, 11) is 0. The molecule has 0 spiro atoms. The van der Waals surface area contributed by atoms with E-state index in [1.54, 1.807) is 29.9 Å². The number of ether oxygens (including phenoxy) is 1. The lowest BCUT2D eigenvalue weighted by atomic mass is 10.0. The molecule has 1 N–H and O–H groups in total. The largest absolute Gasteiger partial charge is 0.444 e. The van der Waals surface area contributed by atoms with E-state index in [-0.39, 0.29) is 37.2 Å². The fraction of sp³-hybridized carbons (Fsp3) is 0.296. The van der Waals surface area contributed by atoms with Crippen LogP contribution < -0.4 is 5.32 Å². The van der Waals surface area contributed by atoms with E-state index in [4.69, 9.17) is 9.15 Å². The van der Waals surface area contributed by atoms with Gasteiger partial charge >= 0.3 is 6.09 Å². The normalized spacial score (nSPS) is 11.9. The molecule has 0 bridgehead atoms. The summed E-state index contributed by atoms with van der Waals surface area (Å²) in [4.78, 5) is 49.8. The van der Waals surface area contributed by atoms with Gasteiger partial charge < -0.3 is 19.4 Å². The number of hydrogen-bond acceptors (Lipinski definition) is 8. The van der Waals surface area contributed by atoms with Crippen LogP contribution in [0.2, 0.25) is 0 Å². The number of carbonyl (C=O) groups is 3. The number of carbonyl (C=O) groups excluding carboxylic acids is 3. The fourth-order valence-electron chi connectivity index (χ4n) is 3.86. The quantitative estimate of drug-likeness (QED) is 0.310. The van der Waals surface area contributed by atoms with Crippen LogP contribution in [0.1, 0.15) is 34.6 Å². The van der Waals surface area contributed by atoms with Crippen molar-refractivity contribution in [2.24, 2.45) is 5.92 Å². The van der Waals surface area contributed by atoms with Gasteiger partial charge in [0.05, 0.1) is 23.0 Å². The third-order valence-electron chi connectivity index (χ3n) is 5.59. The molecule has 2 amide bonds. The number of hydrogen-bond donors (Lipinski definition) is 1. The zero-order valence-electron chi connectivity index (χ0n) is 20.6. The van der Waals surface area contributed by atoms with E-state index in [0.29, 0.717) is 23.2 Å². The van der Waals surface area contributed by atoms with Crippen molar-refractivity contribution in [3.05, 3.63) is 82.6 Å². The SMILES string of the molecule is CC(C)CN(CC(=O)[C@H](Cc1ccccc1)NC(=O)OCc1cncs1)C(=O)c1ccc2ncoc2c1. The minimum Gasteiger partial charge on any atom is -0.444 e. The van der Waals surface area contributed by atoms with Gasteiger partial charge in [-0.05, 0) is 36.1 Å². The first-order chi connectivity index (χ1) is 17.9. The average Bonchev–Trinajstić information content (AvgIpc) is 3.58. The average molecular weight is 521 g/mol. The Kier molecular flexibility index (Phi) is 8.63. The maximum atomic E-state index is 13.5. The molecule has 0 aliphatic carbocycles. The number of nitrogens with zero attached hydrogens (tertiary/aromatic N) is 3. The maximum absolute atomic E-state index is 13.5. The molecule has 2 aromatic heterocycles. The molecule has 0 saturated carbocycles. The second-order valence-corrected chi connectivity index (χ2v) is 9.98. The zero-order chi connectivity index (χ0) is 26.2. The van der Waals surface area contributed by atoms with Gasteiger partial charge in [0.1, 0.15) is 12.1 Å². The van der Waals surface area contributed by atoms with Crippen molar-refractivity contribution in [2.75, 3.05) is 13.1 Å². The van der Waals surface area contributed by atoms with E-state index in [2.05, 4.69) is 15.3 Å². The number of benzene rings is 2. The van der Waals surface area contributed by atoms with Crippen LogP contribution in [-0.2, 0) is 22.6 Å². The summed E-state index contributed by atoms with van der Waals surface area (Å²) >= 11 is 1.37. The molecule has 0 aliphatic heterocycles. The molecule has 9 nitrogen and oxygen atoms in total. The highest BCUT2D eigenvalue weighted by atomic mass is 32.1. The van der Waals surface area contributed by atoms with E-state index < -0.39 is 12.1 Å². The number of amides is 2. The van der Waals surface area contributed by atoms with Crippen molar-refractivity contribution in [3.63, 3.8) is 0 Å². The second-order valence-electron chi connectivity index (χ2n) is 9.01. The highest BCUT2D eigenvalue weighted by molar-refractivity contribution is 7.09. The first-order valence-corrected chi connectivity index (χ1v) is 12.8. The van der Waals surface area contributed by atoms with Crippen molar-refractivity contribution in [1.29, 1.82) is 0 Å². The third kappa shape index (κ3) is 7.23. The minimum atomic E-state index is -0.879. The number of ketones is 1. The summed E-state index contributed by atoms with van der Waals surface area (Å²) < 4.78 is 10.6. The summed E-state index contributed by atoms with van der Waals surface area (Å²) in [6.45, 7) is 4.21. The Hall–Kier alpha value is -4.05. The first kappa shape index (κ1) is 26.0. The predicted molar refractivity (Wildman–Crippen MR) is 139 cm³/mol. The molecular weight excluding hydrogens is 492 g/mol. The molecule has 37 heavy (non-hydrogen) atoms. The summed E-state index contributed by atoms with van der Waals surface area (Å²) in [5.74, 6) is -0.476. The smallest absolute Gasteiger partial charge is 0.408 e. The molecule has 2 heterocycles. The van der Waals surface area contributed by atoms with Crippen LogP contribution in [0, 0.1) is 5.92 Å². The van der Waals surface area contributed by atoms with Gasteiger partial charge in [-0.1, -0.05) is 44.2 Å². The number of rotatable bonds is 11. The monoisotopic (exact) mass is 520 g/mol. The molecule has 0 aliphatic rings. The number of fused-ring (bicyclic) bond motifs is 1. The Morgan fingerprint density at radius 2 is 1.95 bits per heavy atom. The highest BCUT2D eigenvalue weighted by Crippen LogP contribution is 2.17. The van der Waals surface area contributed by atoms with Crippen LogP contribution in [0.3, 0.4) is 0 Å². The van der Waals surface area contributed by atoms with Gasteiger partial charge in [-0.25, -0.2) is 9.78 Å². The van der Waals surface area contributed by atoms with Gasteiger partial charge in [-0.15, -0.1) is 11.3 Å². The molecule has 4 aromatic rings. The molecule has 0 saturated heterocycles. The van der Waals surface area contributed by atoms with Gasteiger partial charge in [0, 0.05) is 18.3 Å². The van der Waals surface area contributed by atoms with Crippen LogP contribution in [0.15, 0.2) is 71.0 Å². The summed E-state index contributed by atoms with van der Waals surface area (Å²) in [5.41, 5.74) is 4.06. The lowest BCUT2D eigenvalue weighted by Crippen LogP contribution is -2.48. The Balaban J connectivity index is 1.50. The van der Waals surface area contributed by atoms with Crippen LogP contribution in [0.25, 0.3) is 11.1 Å². The van der Waals surface area contributed by atoms with Crippen molar-refractivity contribution in [3.8, 4) is 0 Å². The van der Waals surface area contributed by atoms with Crippen LogP contribution in [-0.4, -0.2) is 51.8 Å². The molecule has 0 radical (unpaired) electrons. The lowest BCUT2D eigenvalue weighted by molar-refractivity contribution is -0.121. The van der Waals surface area contributed by atoms with Crippen molar-refractivity contribution >= 4 is 40.2 Å². The number of alkyl carbamates (subject to hydrolysis) is 1. The van der Waals surface area contributed by atoms with E-state index in [0.717, 1.165) is 10.4 Å². The molecular formula is C27H28N4O5S. The van der Waals surface area contributed by atoms with Gasteiger partial charge in [-0.2, -0.15) is 0 Å². The van der Waals surface area contributed by atoms with Crippen LogP contribution in [0.4, 0.5) is 4.79 Å². The van der Waals surface area contributed by atoms with Crippen LogP contribution in [0.5, 0.6) is 0 Å².